The van der Waals surface area contributed by atoms with Gasteiger partial charge in [-0.3, -0.25) is 0 Å². The molecule has 0 radical (unpaired) electrons. The number of carbonyl (C=O) groups is 1. The summed E-state index contributed by atoms with van der Waals surface area (Å²) in [5.74, 6) is -0.0378. The van der Waals surface area contributed by atoms with Crippen molar-refractivity contribution in [3.8, 4) is 0 Å². The van der Waals surface area contributed by atoms with E-state index in [0.717, 1.165) is 11.1 Å². The Morgan fingerprint density at radius 2 is 1.59 bits per heavy atom. The van der Waals surface area contributed by atoms with Crippen molar-refractivity contribution in [1.82, 2.24) is 5.32 Å². The van der Waals surface area contributed by atoms with Gasteiger partial charge < -0.3 is 15.5 Å². The van der Waals surface area contributed by atoms with Crippen molar-refractivity contribution in [1.29, 1.82) is 0 Å². The zero-order valence-electron chi connectivity index (χ0n) is 16.6. The predicted molar refractivity (Wildman–Crippen MR) is 118 cm³/mol. The molecule has 0 aliphatic heterocycles. The number of hydrogen-bond donors (Lipinski definition) is 2. The molecule has 6 nitrogen and oxygen atoms in total. The molecule has 2 N–H and O–H groups in total. The van der Waals surface area contributed by atoms with Crippen LogP contribution in [0, 0.1) is 0 Å². The van der Waals surface area contributed by atoms with Crippen LogP contribution >= 0.6 is 0 Å². The number of rotatable bonds is 7. The Kier molecular flexibility index (Phi) is 6.39. The lowest BCUT2D eigenvalue weighted by molar-refractivity contribution is 0.252. The van der Waals surface area contributed by atoms with Crippen LogP contribution < -0.4 is 15.5 Å². The zero-order chi connectivity index (χ0) is 20.9. The molecule has 0 unspecified atom stereocenters. The van der Waals surface area contributed by atoms with Gasteiger partial charge in [0, 0.05) is 42.8 Å². The van der Waals surface area contributed by atoms with Gasteiger partial charge in [-0.05, 0) is 30.7 Å². The first-order valence-corrected chi connectivity index (χ1v) is 11.1. The van der Waals surface area contributed by atoms with E-state index in [9.17, 15) is 13.2 Å². The van der Waals surface area contributed by atoms with Gasteiger partial charge >= 0.3 is 6.03 Å². The van der Waals surface area contributed by atoms with Crippen LogP contribution in [0.2, 0.25) is 0 Å². The van der Waals surface area contributed by atoms with E-state index in [0.29, 0.717) is 22.4 Å². The molecule has 0 fully saturated rings. The molecular weight excluding hydrogens is 386 g/mol. The Labute approximate surface area is 171 Å². The third kappa shape index (κ3) is 5.06. The van der Waals surface area contributed by atoms with E-state index >= 15 is 0 Å². The molecule has 3 aromatic rings. The minimum absolute atomic E-state index is 0.0378. The third-order valence-electron chi connectivity index (χ3n) is 4.58. The maximum atomic E-state index is 12.9. The Morgan fingerprint density at radius 1 is 0.897 bits per heavy atom. The van der Waals surface area contributed by atoms with Gasteiger partial charge in [-0.25, -0.2) is 13.2 Å². The minimum atomic E-state index is -3.48. The molecule has 0 bridgehead atoms. The van der Waals surface area contributed by atoms with E-state index in [1.807, 2.05) is 61.5 Å². The predicted octanol–water partition coefficient (Wildman–Crippen LogP) is 3.89. The van der Waals surface area contributed by atoms with Crippen LogP contribution in [-0.2, 0) is 9.84 Å². The van der Waals surface area contributed by atoms with E-state index in [2.05, 4.69) is 10.6 Å². The fourth-order valence-corrected chi connectivity index (χ4v) is 4.74. The first-order chi connectivity index (χ1) is 13.9. The largest absolute Gasteiger partial charge is 0.377 e. The molecule has 3 rings (SSSR count). The number of amides is 2. The summed E-state index contributed by atoms with van der Waals surface area (Å²) in [6, 6.07) is 19.7. The van der Waals surface area contributed by atoms with Gasteiger partial charge in [0.15, 0.2) is 9.84 Å². The van der Waals surface area contributed by atoms with Crippen LogP contribution in [0.4, 0.5) is 16.2 Å². The van der Waals surface area contributed by atoms with Crippen LogP contribution in [0.25, 0.3) is 10.8 Å². The number of nitrogens with zero attached hydrogens (tertiary/aromatic N) is 1. The number of urea groups is 1. The van der Waals surface area contributed by atoms with Gasteiger partial charge in [-0.15, -0.1) is 0 Å². The molecule has 3 aromatic carbocycles. The van der Waals surface area contributed by atoms with Gasteiger partial charge in [0.2, 0.25) is 0 Å². The maximum absolute atomic E-state index is 12.9. The van der Waals surface area contributed by atoms with Gasteiger partial charge in [0.1, 0.15) is 0 Å². The lowest BCUT2D eigenvalue weighted by atomic mass is 10.1. The summed E-state index contributed by atoms with van der Waals surface area (Å²) in [4.78, 5) is 14.2. The summed E-state index contributed by atoms with van der Waals surface area (Å²) in [6.07, 6.45) is 0.328. The quantitative estimate of drug-likeness (QED) is 0.578. The van der Waals surface area contributed by atoms with Gasteiger partial charge in [-0.1, -0.05) is 42.5 Å². The molecule has 0 aliphatic carbocycles. The Morgan fingerprint density at radius 3 is 2.31 bits per heavy atom. The molecule has 29 heavy (non-hydrogen) atoms. The van der Waals surface area contributed by atoms with Crippen LogP contribution in [-0.4, -0.2) is 40.8 Å². The van der Waals surface area contributed by atoms with Crippen LogP contribution in [0.3, 0.4) is 0 Å². The van der Waals surface area contributed by atoms with E-state index in [1.165, 1.54) is 0 Å². The standard InChI is InChI=1S/C22H25N3O3S/c1-25(2)20-13-6-12-19-18(20)11-7-14-21(19)29(27,28)16-8-15-23-22(26)24-17-9-4-3-5-10-17/h3-7,9-14H,8,15-16H2,1-2H3,(H2,23,24,26). The highest BCUT2D eigenvalue weighted by Crippen LogP contribution is 2.30. The van der Waals surface area contributed by atoms with Crippen molar-refractivity contribution >= 4 is 38.0 Å². The smallest absolute Gasteiger partial charge is 0.319 e. The number of carbonyl (C=O) groups excluding carboxylic acids is 1. The number of sulfone groups is 1. The summed E-state index contributed by atoms with van der Waals surface area (Å²) in [5, 5.41) is 7.02. The molecule has 0 aliphatic rings. The average molecular weight is 412 g/mol. The van der Waals surface area contributed by atoms with Crippen molar-refractivity contribution in [2.75, 3.05) is 36.6 Å². The monoisotopic (exact) mass is 411 g/mol. The average Bonchev–Trinajstić information content (AvgIpc) is 2.71. The molecule has 0 saturated heterocycles. The number of nitrogens with one attached hydrogen (secondary N) is 2. The second-order valence-electron chi connectivity index (χ2n) is 6.94. The Balaban J connectivity index is 1.64. The summed E-state index contributed by atoms with van der Waals surface area (Å²) in [5.41, 5.74) is 1.66. The second kappa shape index (κ2) is 8.96. The van der Waals surface area contributed by atoms with Crippen molar-refractivity contribution in [2.24, 2.45) is 0 Å². The molecule has 2 amide bonds. The summed E-state index contributed by atoms with van der Waals surface area (Å²) >= 11 is 0. The fraction of sp³-hybridized carbons (Fsp3) is 0.227. The van der Waals surface area contributed by atoms with Gasteiger partial charge in [0.25, 0.3) is 0 Å². The molecule has 0 heterocycles. The molecule has 0 atom stereocenters. The summed E-state index contributed by atoms with van der Waals surface area (Å²) in [7, 11) is 0.389. The van der Waals surface area contributed by atoms with Crippen molar-refractivity contribution in [3.63, 3.8) is 0 Å². The van der Waals surface area contributed by atoms with Crippen molar-refractivity contribution in [3.05, 3.63) is 66.7 Å². The van der Waals surface area contributed by atoms with Crippen LogP contribution in [0.15, 0.2) is 71.6 Å². The first kappa shape index (κ1) is 20.7. The zero-order valence-corrected chi connectivity index (χ0v) is 17.4. The topological polar surface area (TPSA) is 78.5 Å². The van der Waals surface area contributed by atoms with Crippen LogP contribution in [0.1, 0.15) is 6.42 Å². The molecule has 0 aromatic heterocycles. The molecule has 7 heteroatoms. The van der Waals surface area contributed by atoms with E-state index < -0.39 is 9.84 Å². The van der Waals surface area contributed by atoms with E-state index in [4.69, 9.17) is 0 Å². The van der Waals surface area contributed by atoms with Crippen molar-refractivity contribution < 1.29 is 13.2 Å². The molecule has 0 spiro atoms. The van der Waals surface area contributed by atoms with Crippen molar-refractivity contribution in [2.45, 2.75) is 11.3 Å². The molecule has 0 saturated carbocycles. The summed E-state index contributed by atoms with van der Waals surface area (Å²) < 4.78 is 25.8. The Hall–Kier alpha value is -3.06. The minimum Gasteiger partial charge on any atom is -0.377 e. The molecular formula is C22H25N3O3S. The number of benzene rings is 3. The number of hydrogen-bond acceptors (Lipinski definition) is 4. The first-order valence-electron chi connectivity index (χ1n) is 9.40. The lowest BCUT2D eigenvalue weighted by Gasteiger charge is -2.17. The second-order valence-corrected chi connectivity index (χ2v) is 9.02. The maximum Gasteiger partial charge on any atom is 0.319 e. The highest BCUT2D eigenvalue weighted by Gasteiger charge is 2.18. The summed E-state index contributed by atoms with van der Waals surface area (Å²) in [6.45, 7) is 0.269. The number of para-hydroxylation sites is 1. The number of anilines is 2. The fourth-order valence-electron chi connectivity index (χ4n) is 3.20. The van der Waals surface area contributed by atoms with Crippen LogP contribution in [0.5, 0.6) is 0 Å². The number of fused-ring (bicyclic) bond motifs is 1. The SMILES string of the molecule is CN(C)c1cccc2c(S(=O)(=O)CCCNC(=O)Nc3ccccc3)cccc12. The van der Waals surface area contributed by atoms with E-state index in [-0.39, 0.29) is 18.3 Å². The van der Waals surface area contributed by atoms with E-state index in [1.54, 1.807) is 24.3 Å². The lowest BCUT2D eigenvalue weighted by Crippen LogP contribution is -2.30. The highest BCUT2D eigenvalue weighted by atomic mass is 32.2. The van der Waals surface area contributed by atoms with Gasteiger partial charge in [-0.2, -0.15) is 0 Å². The third-order valence-corrected chi connectivity index (χ3v) is 6.44. The highest BCUT2D eigenvalue weighted by molar-refractivity contribution is 7.91. The van der Waals surface area contributed by atoms with Gasteiger partial charge in [0.05, 0.1) is 10.6 Å². The Bertz CT molecular complexity index is 1100. The molecule has 152 valence electrons. The normalized spacial score (nSPS) is 11.2.